The predicted octanol–water partition coefficient (Wildman–Crippen LogP) is 3.72. The van der Waals surface area contributed by atoms with E-state index in [1.54, 1.807) is 43.3 Å². The number of anilines is 1. The summed E-state index contributed by atoms with van der Waals surface area (Å²) in [5.41, 5.74) is 2.02. The lowest BCUT2D eigenvalue weighted by atomic mass is 10.2. The molecule has 4 rings (SSSR count). The van der Waals surface area contributed by atoms with Gasteiger partial charge in [-0.1, -0.05) is 36.2 Å². The van der Waals surface area contributed by atoms with Crippen LogP contribution < -0.4 is 10.0 Å². The maximum absolute atomic E-state index is 12.5. The number of hydrogen-bond acceptors (Lipinski definition) is 5. The first-order chi connectivity index (χ1) is 13.9. The quantitative estimate of drug-likeness (QED) is 0.718. The minimum absolute atomic E-state index is 0.00438. The highest BCUT2D eigenvalue weighted by Gasteiger charge is 2.30. The van der Waals surface area contributed by atoms with Gasteiger partial charge < -0.3 is 9.84 Å². The van der Waals surface area contributed by atoms with Crippen molar-refractivity contribution < 1.29 is 17.7 Å². The minimum atomic E-state index is -3.50. The second kappa shape index (κ2) is 8.12. The van der Waals surface area contributed by atoms with E-state index in [4.69, 9.17) is 4.52 Å². The van der Waals surface area contributed by atoms with Gasteiger partial charge in [-0.15, -0.1) is 0 Å². The smallest absolute Gasteiger partial charge is 0.240 e. The number of sulfonamides is 1. The van der Waals surface area contributed by atoms with Crippen LogP contribution in [0.5, 0.6) is 0 Å². The normalized spacial score (nSPS) is 17.8. The Bertz CT molecular complexity index is 1010. The van der Waals surface area contributed by atoms with Gasteiger partial charge in [-0.2, -0.15) is 0 Å². The minimum Gasteiger partial charge on any atom is -0.354 e. The maximum Gasteiger partial charge on any atom is 0.240 e. The highest BCUT2D eigenvalue weighted by molar-refractivity contribution is 7.89. The highest BCUT2D eigenvalue weighted by Crippen LogP contribution is 2.32. The van der Waals surface area contributed by atoms with E-state index in [1.165, 1.54) is 0 Å². The van der Waals surface area contributed by atoms with Crippen molar-refractivity contribution in [3.05, 3.63) is 41.3 Å². The number of nitrogens with one attached hydrogen (secondary N) is 2. The molecule has 0 atom stereocenters. The average Bonchev–Trinajstić information content (AvgIpc) is 3.34. The zero-order valence-corrected chi connectivity index (χ0v) is 17.2. The molecule has 2 N–H and O–H groups in total. The van der Waals surface area contributed by atoms with Gasteiger partial charge in [0.1, 0.15) is 11.4 Å². The van der Waals surface area contributed by atoms with Gasteiger partial charge in [-0.25, -0.2) is 13.1 Å². The number of benzene rings is 1. The van der Waals surface area contributed by atoms with Crippen LogP contribution in [0.1, 0.15) is 55.5 Å². The largest absolute Gasteiger partial charge is 0.354 e. The van der Waals surface area contributed by atoms with Gasteiger partial charge in [-0.05, 0) is 56.4 Å². The van der Waals surface area contributed by atoms with Crippen LogP contribution in [0.3, 0.4) is 0 Å². The first kappa shape index (κ1) is 19.8. The fraction of sp³-hybridized carbons (Fsp3) is 0.429. The van der Waals surface area contributed by atoms with E-state index >= 15 is 0 Å². The third-order valence-electron chi connectivity index (χ3n) is 5.38. The van der Waals surface area contributed by atoms with E-state index < -0.39 is 10.0 Å². The van der Waals surface area contributed by atoms with Crippen molar-refractivity contribution in [3.8, 4) is 0 Å². The van der Waals surface area contributed by atoms with E-state index in [2.05, 4.69) is 15.2 Å². The molecule has 1 heterocycles. The molecule has 0 radical (unpaired) electrons. The molecule has 1 aromatic carbocycles. The number of hydrogen-bond donors (Lipinski definition) is 2. The van der Waals surface area contributed by atoms with Crippen LogP contribution in [-0.4, -0.2) is 25.5 Å². The van der Waals surface area contributed by atoms with Crippen LogP contribution in [0.25, 0.3) is 12.2 Å². The van der Waals surface area contributed by atoms with Crippen LogP contribution in [0.15, 0.2) is 33.7 Å². The Kier molecular flexibility index (Phi) is 5.56. The molecule has 0 bridgehead atoms. The zero-order chi connectivity index (χ0) is 20.4. The highest BCUT2D eigenvalue weighted by atomic mass is 32.2. The first-order valence-electron chi connectivity index (χ1n) is 10.00. The topological polar surface area (TPSA) is 101 Å². The van der Waals surface area contributed by atoms with Crippen molar-refractivity contribution >= 4 is 33.8 Å². The van der Waals surface area contributed by atoms with Gasteiger partial charge >= 0.3 is 0 Å². The molecule has 0 spiro atoms. The molecule has 2 aliphatic carbocycles. The summed E-state index contributed by atoms with van der Waals surface area (Å²) in [6.45, 7) is 1.78. The van der Waals surface area contributed by atoms with E-state index in [0.29, 0.717) is 17.1 Å². The van der Waals surface area contributed by atoms with Gasteiger partial charge in [0.25, 0.3) is 0 Å². The Morgan fingerprint density at radius 3 is 2.45 bits per heavy atom. The van der Waals surface area contributed by atoms with Crippen LogP contribution in [0.2, 0.25) is 0 Å². The molecule has 1 amide bonds. The number of amides is 1. The summed E-state index contributed by atoms with van der Waals surface area (Å²) >= 11 is 0. The summed E-state index contributed by atoms with van der Waals surface area (Å²) in [4.78, 5) is 12.3. The number of carbonyl (C=O) groups is 1. The summed E-state index contributed by atoms with van der Waals surface area (Å²) in [6.07, 6.45) is 9.31. The van der Waals surface area contributed by atoms with E-state index in [1.807, 2.05) is 0 Å². The maximum atomic E-state index is 12.5. The third kappa shape index (κ3) is 4.76. The summed E-state index contributed by atoms with van der Waals surface area (Å²) in [6, 6.07) is 6.71. The van der Waals surface area contributed by atoms with Crippen molar-refractivity contribution in [2.24, 2.45) is 5.92 Å². The van der Waals surface area contributed by atoms with E-state index in [-0.39, 0.29) is 22.8 Å². The second-order valence-electron chi connectivity index (χ2n) is 7.78. The van der Waals surface area contributed by atoms with Crippen molar-refractivity contribution in [1.82, 2.24) is 9.88 Å². The van der Waals surface area contributed by atoms with Crippen LogP contribution in [0, 0.1) is 12.8 Å². The predicted molar refractivity (Wildman–Crippen MR) is 111 cm³/mol. The van der Waals surface area contributed by atoms with Crippen molar-refractivity contribution in [3.63, 3.8) is 0 Å². The Hall–Kier alpha value is -2.45. The summed E-state index contributed by atoms with van der Waals surface area (Å²) in [5.74, 6) is 0.555. The zero-order valence-electron chi connectivity index (χ0n) is 16.3. The molecule has 1 aromatic heterocycles. The summed E-state index contributed by atoms with van der Waals surface area (Å²) in [7, 11) is -3.50. The molecule has 2 aromatic rings. The van der Waals surface area contributed by atoms with Gasteiger partial charge in [0.2, 0.25) is 15.9 Å². The standard InChI is InChI=1S/C21H25N3O4S/c1-14-20(22-21(25)16-9-10-16)19(28-23-14)13-8-15-6-11-18(12-7-15)29(26,27)24-17-4-2-3-5-17/h6-8,11-13,16-17,24H,2-5,9-10H2,1H3,(H,22,25)/b13-8-. The van der Waals surface area contributed by atoms with Crippen molar-refractivity contribution in [2.45, 2.75) is 56.4 Å². The monoisotopic (exact) mass is 415 g/mol. The molecule has 2 saturated carbocycles. The van der Waals surface area contributed by atoms with Crippen LogP contribution >= 0.6 is 0 Å². The number of aryl methyl sites for hydroxylation is 1. The van der Waals surface area contributed by atoms with Gasteiger partial charge in [0.05, 0.1) is 4.90 Å². The third-order valence-corrected chi connectivity index (χ3v) is 6.92. The van der Waals surface area contributed by atoms with Crippen LogP contribution in [-0.2, 0) is 14.8 Å². The number of carbonyl (C=O) groups excluding carboxylic acids is 1. The number of nitrogens with zero attached hydrogens (tertiary/aromatic N) is 1. The molecule has 0 aliphatic heterocycles. The molecule has 2 aliphatic rings. The Balaban J connectivity index is 1.45. The Morgan fingerprint density at radius 2 is 1.79 bits per heavy atom. The molecule has 7 nitrogen and oxygen atoms in total. The van der Waals surface area contributed by atoms with Gasteiger partial charge in [0.15, 0.2) is 5.76 Å². The number of aromatic nitrogens is 1. The first-order valence-corrected chi connectivity index (χ1v) is 11.5. The fourth-order valence-corrected chi connectivity index (χ4v) is 4.79. The van der Waals surface area contributed by atoms with Gasteiger partial charge in [-0.3, -0.25) is 4.79 Å². The molecular formula is C21H25N3O4S. The van der Waals surface area contributed by atoms with Crippen molar-refractivity contribution in [2.75, 3.05) is 5.32 Å². The van der Waals surface area contributed by atoms with E-state index in [9.17, 15) is 13.2 Å². The molecule has 154 valence electrons. The number of rotatable bonds is 7. The average molecular weight is 416 g/mol. The molecule has 8 heteroatoms. The lowest BCUT2D eigenvalue weighted by Crippen LogP contribution is -2.32. The molecular weight excluding hydrogens is 390 g/mol. The molecule has 29 heavy (non-hydrogen) atoms. The SMILES string of the molecule is Cc1noc(/C=C\c2ccc(S(=O)(=O)NC3CCCC3)cc2)c1NC(=O)C1CC1. The second-order valence-corrected chi connectivity index (χ2v) is 9.49. The fourth-order valence-electron chi connectivity index (χ4n) is 3.48. The van der Waals surface area contributed by atoms with E-state index in [0.717, 1.165) is 44.1 Å². The summed E-state index contributed by atoms with van der Waals surface area (Å²) < 4.78 is 33.1. The van der Waals surface area contributed by atoms with Crippen LogP contribution in [0.4, 0.5) is 5.69 Å². The Morgan fingerprint density at radius 1 is 1.10 bits per heavy atom. The molecule has 0 unspecified atom stereocenters. The lowest BCUT2D eigenvalue weighted by Gasteiger charge is -2.12. The lowest BCUT2D eigenvalue weighted by molar-refractivity contribution is -0.117. The van der Waals surface area contributed by atoms with Crippen molar-refractivity contribution in [1.29, 1.82) is 0 Å². The Labute approximate surface area is 170 Å². The van der Waals surface area contributed by atoms with Gasteiger partial charge in [0, 0.05) is 12.0 Å². The summed E-state index contributed by atoms with van der Waals surface area (Å²) in [5, 5.41) is 6.81. The molecule has 0 saturated heterocycles. The molecule has 2 fully saturated rings.